The molecule has 0 saturated carbocycles. The van der Waals surface area contributed by atoms with E-state index in [2.05, 4.69) is 5.92 Å². The van der Waals surface area contributed by atoms with Gasteiger partial charge in [0.25, 0.3) is 0 Å². The number of carbonyl (C=O) groups excluding carboxylic acids is 2. The first kappa shape index (κ1) is 16.1. The molecule has 4 nitrogen and oxygen atoms in total. The van der Waals surface area contributed by atoms with Gasteiger partial charge in [-0.3, -0.25) is 4.79 Å². The van der Waals surface area contributed by atoms with Crippen LogP contribution in [0.5, 0.6) is 0 Å². The number of ether oxygens (including phenoxy) is 1. The fourth-order valence-electron chi connectivity index (χ4n) is 2.60. The molecule has 0 aliphatic carbocycles. The van der Waals surface area contributed by atoms with Gasteiger partial charge in [-0.1, -0.05) is 36.8 Å². The Morgan fingerprint density at radius 2 is 2.05 bits per heavy atom. The smallest absolute Gasteiger partial charge is 0.416 e. The Bertz CT molecular complexity index is 547. The summed E-state index contributed by atoms with van der Waals surface area (Å²) < 4.78 is 5.06. The van der Waals surface area contributed by atoms with Crippen LogP contribution < -0.4 is 0 Å². The lowest BCUT2D eigenvalue weighted by Gasteiger charge is -2.19. The monoisotopic (exact) mass is 299 g/mol. The molecule has 1 saturated heterocycles. The molecule has 1 aliphatic rings. The van der Waals surface area contributed by atoms with Crippen LogP contribution in [0.3, 0.4) is 0 Å². The molecule has 4 heteroatoms. The number of rotatable bonds is 7. The number of amides is 2. The van der Waals surface area contributed by atoms with E-state index in [1.807, 2.05) is 30.3 Å². The third-order valence-electron chi connectivity index (χ3n) is 3.76. The van der Waals surface area contributed by atoms with Gasteiger partial charge in [0.15, 0.2) is 0 Å². The molecule has 1 aliphatic heterocycles. The maximum Gasteiger partial charge on any atom is 0.416 e. The van der Waals surface area contributed by atoms with Crippen molar-refractivity contribution in [3.63, 3.8) is 0 Å². The van der Waals surface area contributed by atoms with E-state index in [-0.39, 0.29) is 18.6 Å². The molecular formula is C18H21NO3. The SMILES string of the molecule is C#CCCCCCC(=O)N1C(=O)OC[C@H]1Cc1ccccc1. The Labute approximate surface area is 131 Å². The van der Waals surface area contributed by atoms with Gasteiger partial charge in [-0.05, 0) is 24.8 Å². The fraction of sp³-hybridized carbons (Fsp3) is 0.444. The van der Waals surface area contributed by atoms with E-state index in [0.717, 1.165) is 31.2 Å². The number of cyclic esters (lactones) is 1. The van der Waals surface area contributed by atoms with E-state index in [1.165, 1.54) is 4.90 Å². The first-order valence-electron chi connectivity index (χ1n) is 7.68. The van der Waals surface area contributed by atoms with Crippen molar-refractivity contribution in [3.8, 4) is 12.3 Å². The van der Waals surface area contributed by atoms with Crippen LogP contribution >= 0.6 is 0 Å². The number of hydrogen-bond donors (Lipinski definition) is 0. The minimum Gasteiger partial charge on any atom is -0.447 e. The summed E-state index contributed by atoms with van der Waals surface area (Å²) in [5.74, 6) is 2.43. The quantitative estimate of drug-likeness (QED) is 0.574. The predicted molar refractivity (Wildman–Crippen MR) is 84.0 cm³/mol. The molecule has 0 unspecified atom stereocenters. The number of unbranched alkanes of at least 4 members (excludes halogenated alkanes) is 3. The summed E-state index contributed by atoms with van der Waals surface area (Å²) in [7, 11) is 0. The molecular weight excluding hydrogens is 278 g/mol. The maximum atomic E-state index is 12.3. The standard InChI is InChI=1S/C18H21NO3/c1-2-3-4-5-9-12-17(20)19-16(14-22-18(19)21)13-15-10-7-6-8-11-15/h1,6-8,10-11,16H,3-5,9,12-14H2/t16-/m1/s1. The van der Waals surface area contributed by atoms with Crippen LogP contribution in [0, 0.1) is 12.3 Å². The highest BCUT2D eigenvalue weighted by molar-refractivity contribution is 5.93. The number of imide groups is 1. The number of hydrogen-bond acceptors (Lipinski definition) is 3. The second-order valence-electron chi connectivity index (χ2n) is 5.45. The van der Waals surface area contributed by atoms with Crippen molar-refractivity contribution in [2.24, 2.45) is 0 Å². The van der Waals surface area contributed by atoms with Crippen LogP contribution in [-0.4, -0.2) is 29.5 Å². The van der Waals surface area contributed by atoms with Crippen LogP contribution in [0.15, 0.2) is 30.3 Å². The normalized spacial score (nSPS) is 17.1. The van der Waals surface area contributed by atoms with Gasteiger partial charge in [0, 0.05) is 12.8 Å². The largest absolute Gasteiger partial charge is 0.447 e. The molecule has 0 bridgehead atoms. The number of carbonyl (C=O) groups is 2. The molecule has 0 N–H and O–H groups in total. The van der Waals surface area contributed by atoms with Gasteiger partial charge in [-0.15, -0.1) is 12.3 Å². The van der Waals surface area contributed by atoms with Crippen LogP contribution in [0.4, 0.5) is 4.79 Å². The number of benzene rings is 1. The molecule has 1 fully saturated rings. The van der Waals surface area contributed by atoms with Crippen molar-refractivity contribution < 1.29 is 14.3 Å². The second kappa shape index (κ2) is 8.23. The summed E-state index contributed by atoms with van der Waals surface area (Å²) in [6.07, 6.45) is 8.98. The molecule has 116 valence electrons. The molecule has 1 atom stereocenters. The maximum absolute atomic E-state index is 12.3. The minimum absolute atomic E-state index is 0.149. The zero-order valence-electron chi connectivity index (χ0n) is 12.7. The van der Waals surface area contributed by atoms with Crippen molar-refractivity contribution in [1.82, 2.24) is 4.90 Å². The number of terminal acetylenes is 1. The summed E-state index contributed by atoms with van der Waals surface area (Å²) in [4.78, 5) is 25.4. The van der Waals surface area contributed by atoms with E-state index < -0.39 is 6.09 Å². The van der Waals surface area contributed by atoms with Gasteiger partial charge < -0.3 is 4.74 Å². The molecule has 0 radical (unpaired) electrons. The van der Waals surface area contributed by atoms with Gasteiger partial charge in [-0.2, -0.15) is 0 Å². The molecule has 0 aromatic heterocycles. The van der Waals surface area contributed by atoms with Crippen molar-refractivity contribution in [2.45, 2.75) is 44.6 Å². The molecule has 2 rings (SSSR count). The van der Waals surface area contributed by atoms with E-state index in [4.69, 9.17) is 11.2 Å². The fourth-order valence-corrected chi connectivity index (χ4v) is 2.60. The van der Waals surface area contributed by atoms with E-state index in [0.29, 0.717) is 12.8 Å². The van der Waals surface area contributed by atoms with Gasteiger partial charge >= 0.3 is 6.09 Å². The van der Waals surface area contributed by atoms with Crippen molar-refractivity contribution in [2.75, 3.05) is 6.61 Å². The van der Waals surface area contributed by atoms with E-state index >= 15 is 0 Å². The van der Waals surface area contributed by atoms with E-state index in [9.17, 15) is 9.59 Å². The summed E-state index contributed by atoms with van der Waals surface area (Å²) in [5.41, 5.74) is 1.10. The Morgan fingerprint density at radius 3 is 2.77 bits per heavy atom. The first-order chi connectivity index (χ1) is 10.7. The summed E-state index contributed by atoms with van der Waals surface area (Å²) >= 11 is 0. The van der Waals surface area contributed by atoms with Crippen molar-refractivity contribution in [1.29, 1.82) is 0 Å². The molecule has 1 heterocycles. The average Bonchev–Trinajstić information content (AvgIpc) is 2.88. The Kier molecular flexibility index (Phi) is 6.02. The van der Waals surface area contributed by atoms with Crippen LogP contribution in [0.2, 0.25) is 0 Å². The molecule has 0 spiro atoms. The summed E-state index contributed by atoms with van der Waals surface area (Å²) in [6.45, 7) is 0.274. The lowest BCUT2D eigenvalue weighted by atomic mass is 10.1. The van der Waals surface area contributed by atoms with Crippen molar-refractivity contribution >= 4 is 12.0 Å². The van der Waals surface area contributed by atoms with Crippen LogP contribution in [0.1, 0.15) is 37.7 Å². The lowest BCUT2D eigenvalue weighted by Crippen LogP contribution is -2.40. The highest BCUT2D eigenvalue weighted by Crippen LogP contribution is 2.19. The Morgan fingerprint density at radius 1 is 1.27 bits per heavy atom. The highest BCUT2D eigenvalue weighted by atomic mass is 16.6. The first-order valence-corrected chi connectivity index (χ1v) is 7.68. The molecule has 1 aromatic rings. The lowest BCUT2D eigenvalue weighted by molar-refractivity contribution is -0.129. The predicted octanol–water partition coefficient (Wildman–Crippen LogP) is 3.16. The van der Waals surface area contributed by atoms with Crippen LogP contribution in [0.25, 0.3) is 0 Å². The minimum atomic E-state index is -0.519. The Balaban J connectivity index is 1.87. The average molecular weight is 299 g/mol. The van der Waals surface area contributed by atoms with Gasteiger partial charge in [0.2, 0.25) is 5.91 Å². The summed E-state index contributed by atoms with van der Waals surface area (Å²) in [6, 6.07) is 9.62. The van der Waals surface area contributed by atoms with E-state index in [1.54, 1.807) is 0 Å². The molecule has 1 aromatic carbocycles. The number of nitrogens with zero attached hydrogens (tertiary/aromatic N) is 1. The van der Waals surface area contributed by atoms with Gasteiger partial charge in [0.05, 0.1) is 6.04 Å². The van der Waals surface area contributed by atoms with Gasteiger partial charge in [-0.25, -0.2) is 9.69 Å². The molecule has 22 heavy (non-hydrogen) atoms. The zero-order chi connectivity index (χ0) is 15.8. The third kappa shape index (κ3) is 4.36. The van der Waals surface area contributed by atoms with Gasteiger partial charge in [0.1, 0.15) is 6.61 Å². The highest BCUT2D eigenvalue weighted by Gasteiger charge is 2.37. The zero-order valence-corrected chi connectivity index (χ0v) is 12.7. The molecule has 2 amide bonds. The van der Waals surface area contributed by atoms with Crippen LogP contribution in [-0.2, 0) is 16.0 Å². The Hall–Kier alpha value is -2.28. The second-order valence-corrected chi connectivity index (χ2v) is 5.45. The van der Waals surface area contributed by atoms with Crippen molar-refractivity contribution in [3.05, 3.63) is 35.9 Å². The summed E-state index contributed by atoms with van der Waals surface area (Å²) in [5, 5.41) is 0. The topological polar surface area (TPSA) is 46.6 Å². The third-order valence-corrected chi connectivity index (χ3v) is 3.76.